The Morgan fingerprint density at radius 2 is 0.842 bits per heavy atom. The molecule has 2 atom stereocenters. The Balaban J connectivity index is 1.34. The van der Waals surface area contributed by atoms with Crippen molar-refractivity contribution in [1.82, 2.24) is 0 Å². The number of benzene rings is 3. The van der Waals surface area contributed by atoms with Crippen LogP contribution in [0.2, 0.25) is 0 Å². The summed E-state index contributed by atoms with van der Waals surface area (Å²) in [7, 11) is 0. The Kier molecular flexibility index (Phi) is 27.0. The van der Waals surface area contributed by atoms with Gasteiger partial charge in [-0.1, -0.05) is 237 Å². The zero-order chi connectivity index (χ0) is 40.6. The van der Waals surface area contributed by atoms with Gasteiger partial charge in [0.2, 0.25) is 0 Å². The molecule has 0 radical (unpaired) electrons. The lowest BCUT2D eigenvalue weighted by molar-refractivity contribution is 0.0721. The first-order chi connectivity index (χ1) is 28.0. The SMILES string of the molecule is CCCCCCCCCCCCCCCCCCC(C)c1ccc(-c2ccc(C(=O)Oc3ccccc3OC(CCC)CCCCCCCCCCC)cc2)cc1. The maximum Gasteiger partial charge on any atom is 0.343 e. The lowest BCUT2D eigenvalue weighted by Gasteiger charge is -2.20. The molecule has 0 aliphatic carbocycles. The van der Waals surface area contributed by atoms with Crippen molar-refractivity contribution in [2.75, 3.05) is 0 Å². The second kappa shape index (κ2) is 31.9. The molecule has 57 heavy (non-hydrogen) atoms. The van der Waals surface area contributed by atoms with Crippen molar-refractivity contribution in [2.45, 2.75) is 226 Å². The lowest BCUT2D eigenvalue weighted by atomic mass is 9.93. The largest absolute Gasteiger partial charge is 0.487 e. The van der Waals surface area contributed by atoms with Gasteiger partial charge in [0.05, 0.1) is 11.7 Å². The van der Waals surface area contributed by atoms with E-state index in [1.807, 2.05) is 48.5 Å². The van der Waals surface area contributed by atoms with Gasteiger partial charge in [0.1, 0.15) is 0 Å². The zero-order valence-electron chi connectivity index (χ0n) is 37.3. The number of para-hydroxylation sites is 2. The first-order valence-electron chi connectivity index (χ1n) is 24.2. The van der Waals surface area contributed by atoms with Gasteiger partial charge in [0.25, 0.3) is 0 Å². The van der Waals surface area contributed by atoms with Gasteiger partial charge in [-0.25, -0.2) is 4.79 Å². The molecule has 0 N–H and O–H groups in total. The molecule has 0 aliphatic rings. The second-order valence-electron chi connectivity index (χ2n) is 17.2. The summed E-state index contributed by atoms with van der Waals surface area (Å²) >= 11 is 0. The van der Waals surface area contributed by atoms with Crippen LogP contribution in [0.25, 0.3) is 11.1 Å². The fourth-order valence-electron chi connectivity index (χ4n) is 8.21. The topological polar surface area (TPSA) is 35.5 Å². The number of hydrogen-bond acceptors (Lipinski definition) is 3. The van der Waals surface area contributed by atoms with E-state index >= 15 is 0 Å². The number of unbranched alkanes of at least 4 members (excludes halogenated alkanes) is 23. The Labute approximate surface area is 351 Å². The van der Waals surface area contributed by atoms with Crippen molar-refractivity contribution in [2.24, 2.45) is 0 Å². The second-order valence-corrected chi connectivity index (χ2v) is 17.2. The number of rotatable bonds is 35. The molecule has 3 heteroatoms. The number of hydrogen-bond donors (Lipinski definition) is 0. The van der Waals surface area contributed by atoms with Crippen molar-refractivity contribution in [3.05, 3.63) is 83.9 Å². The van der Waals surface area contributed by atoms with Crippen molar-refractivity contribution in [1.29, 1.82) is 0 Å². The molecule has 318 valence electrons. The van der Waals surface area contributed by atoms with Crippen molar-refractivity contribution >= 4 is 5.97 Å². The predicted molar refractivity (Wildman–Crippen MR) is 247 cm³/mol. The molecule has 3 nitrogen and oxygen atoms in total. The van der Waals surface area contributed by atoms with Crippen LogP contribution in [0.15, 0.2) is 72.8 Å². The van der Waals surface area contributed by atoms with Gasteiger partial charge >= 0.3 is 5.97 Å². The molecule has 0 aliphatic heterocycles. The highest BCUT2D eigenvalue weighted by Crippen LogP contribution is 2.31. The molecule has 0 spiro atoms. The Hall–Kier alpha value is -3.07. The van der Waals surface area contributed by atoms with E-state index in [9.17, 15) is 4.79 Å². The van der Waals surface area contributed by atoms with Crippen LogP contribution in [0.3, 0.4) is 0 Å². The molecule has 0 aromatic heterocycles. The molecule has 0 heterocycles. The quantitative estimate of drug-likeness (QED) is 0.0339. The van der Waals surface area contributed by atoms with Crippen LogP contribution >= 0.6 is 0 Å². The summed E-state index contributed by atoms with van der Waals surface area (Å²) < 4.78 is 12.4. The summed E-state index contributed by atoms with van der Waals surface area (Å²) in [6, 6.07) is 24.4. The summed E-state index contributed by atoms with van der Waals surface area (Å²) in [6.07, 6.45) is 39.0. The summed E-state index contributed by atoms with van der Waals surface area (Å²) in [5.41, 5.74) is 4.22. The Morgan fingerprint density at radius 3 is 1.30 bits per heavy atom. The van der Waals surface area contributed by atoms with Crippen LogP contribution in [0.4, 0.5) is 0 Å². The lowest BCUT2D eigenvalue weighted by Crippen LogP contribution is -2.17. The summed E-state index contributed by atoms with van der Waals surface area (Å²) in [5.74, 6) is 1.36. The van der Waals surface area contributed by atoms with Gasteiger partial charge in [0.15, 0.2) is 11.5 Å². The van der Waals surface area contributed by atoms with E-state index in [-0.39, 0.29) is 12.1 Å². The van der Waals surface area contributed by atoms with Crippen LogP contribution in [-0.2, 0) is 0 Å². The standard InChI is InChI=1S/C54H84O3/c1-5-8-10-12-14-16-17-18-19-20-21-22-24-25-27-29-34-46(4)47-38-40-48(41-39-47)49-42-44-50(45-43-49)54(55)57-53-37-32-31-36-52(53)56-51(33-7-3)35-30-28-26-23-15-13-11-9-6-2/h31-32,36-46,51H,5-30,33-35H2,1-4H3. The van der Waals surface area contributed by atoms with Crippen molar-refractivity contribution in [3.63, 3.8) is 0 Å². The fraction of sp³-hybridized carbons (Fsp3) is 0.648. The third-order valence-electron chi connectivity index (χ3n) is 12.0. The first kappa shape index (κ1) is 48.3. The highest BCUT2D eigenvalue weighted by Gasteiger charge is 2.17. The molecule has 0 fully saturated rings. The molecule has 0 saturated heterocycles. The molecular formula is C54H84O3. The van der Waals surface area contributed by atoms with E-state index in [4.69, 9.17) is 9.47 Å². The zero-order valence-corrected chi connectivity index (χ0v) is 37.3. The third kappa shape index (κ3) is 21.5. The van der Waals surface area contributed by atoms with Crippen LogP contribution in [-0.4, -0.2) is 12.1 Å². The molecule has 3 aromatic rings. The van der Waals surface area contributed by atoms with Gasteiger partial charge in [0, 0.05) is 0 Å². The molecular weight excluding hydrogens is 697 g/mol. The normalized spacial score (nSPS) is 12.4. The Bertz CT molecular complexity index is 1390. The molecule has 0 bridgehead atoms. The molecule has 3 rings (SSSR count). The van der Waals surface area contributed by atoms with Gasteiger partial charge < -0.3 is 9.47 Å². The molecule has 0 amide bonds. The molecule has 2 unspecified atom stereocenters. The minimum Gasteiger partial charge on any atom is -0.487 e. The highest BCUT2D eigenvalue weighted by atomic mass is 16.6. The molecule has 0 saturated carbocycles. The third-order valence-corrected chi connectivity index (χ3v) is 12.0. The predicted octanol–water partition coefficient (Wildman–Crippen LogP) is 17.8. The van der Waals surface area contributed by atoms with E-state index < -0.39 is 0 Å². The van der Waals surface area contributed by atoms with Crippen molar-refractivity contribution < 1.29 is 14.3 Å². The van der Waals surface area contributed by atoms with Crippen LogP contribution in [0, 0.1) is 0 Å². The number of carbonyl (C=O) groups excluding carboxylic acids is 1. The van der Waals surface area contributed by atoms with E-state index in [2.05, 4.69) is 52.0 Å². The van der Waals surface area contributed by atoms with Gasteiger partial charge in [-0.05, 0) is 72.6 Å². The molecule has 3 aromatic carbocycles. The average molecular weight is 781 g/mol. The first-order valence-corrected chi connectivity index (χ1v) is 24.2. The maximum atomic E-state index is 13.3. The van der Waals surface area contributed by atoms with E-state index in [0.717, 1.165) is 24.8 Å². The van der Waals surface area contributed by atoms with Gasteiger partial charge in [-0.15, -0.1) is 0 Å². The monoisotopic (exact) mass is 781 g/mol. The minimum absolute atomic E-state index is 0.131. The minimum atomic E-state index is -0.359. The van der Waals surface area contributed by atoms with E-state index in [1.54, 1.807) is 0 Å². The maximum absolute atomic E-state index is 13.3. The Morgan fingerprint density at radius 1 is 0.439 bits per heavy atom. The smallest absolute Gasteiger partial charge is 0.343 e. The van der Waals surface area contributed by atoms with Crippen LogP contribution in [0.1, 0.15) is 236 Å². The van der Waals surface area contributed by atoms with Crippen molar-refractivity contribution in [3.8, 4) is 22.6 Å². The highest BCUT2D eigenvalue weighted by molar-refractivity contribution is 5.92. The fourth-order valence-corrected chi connectivity index (χ4v) is 8.21. The van der Waals surface area contributed by atoms with Crippen LogP contribution in [0.5, 0.6) is 11.5 Å². The number of esters is 1. The van der Waals surface area contributed by atoms with E-state index in [0.29, 0.717) is 23.0 Å². The van der Waals surface area contributed by atoms with E-state index in [1.165, 1.54) is 178 Å². The number of carbonyl (C=O) groups is 1. The average Bonchev–Trinajstić information content (AvgIpc) is 3.23. The summed E-state index contributed by atoms with van der Waals surface area (Å²) in [6.45, 7) is 9.15. The summed E-state index contributed by atoms with van der Waals surface area (Å²) in [4.78, 5) is 13.3. The van der Waals surface area contributed by atoms with Gasteiger partial charge in [-0.2, -0.15) is 0 Å². The number of ether oxygens (including phenoxy) is 2. The van der Waals surface area contributed by atoms with Crippen LogP contribution < -0.4 is 9.47 Å². The van der Waals surface area contributed by atoms with Gasteiger partial charge in [-0.3, -0.25) is 0 Å². The summed E-state index contributed by atoms with van der Waals surface area (Å²) in [5, 5.41) is 0.